The Bertz CT molecular complexity index is 620. The second kappa shape index (κ2) is 6.12. The zero-order valence-electron chi connectivity index (χ0n) is 12.7. The maximum absolute atomic E-state index is 4.66. The molecule has 0 amide bonds. The maximum Gasteiger partial charge on any atom is 0.136 e. The molecule has 110 valence electrons. The molecule has 0 radical (unpaired) electrons. The highest BCUT2D eigenvalue weighted by Gasteiger charge is 2.27. The quantitative estimate of drug-likeness (QED) is 0.848. The van der Waals surface area contributed by atoms with Crippen molar-refractivity contribution < 1.29 is 0 Å². The summed E-state index contributed by atoms with van der Waals surface area (Å²) in [6.45, 7) is 5.88. The summed E-state index contributed by atoms with van der Waals surface area (Å²) in [4.78, 5) is 9.26. The van der Waals surface area contributed by atoms with E-state index in [1.54, 1.807) is 0 Å². The lowest BCUT2D eigenvalue weighted by Crippen LogP contribution is -2.08. The summed E-state index contributed by atoms with van der Waals surface area (Å²) in [7, 11) is 0. The smallest absolute Gasteiger partial charge is 0.136 e. The van der Waals surface area contributed by atoms with E-state index in [-0.39, 0.29) is 0 Å². The zero-order chi connectivity index (χ0) is 14.7. The summed E-state index contributed by atoms with van der Waals surface area (Å²) in [6.07, 6.45) is 2.43. The summed E-state index contributed by atoms with van der Waals surface area (Å²) in [5, 5.41) is 6.72. The minimum atomic E-state index is 0.558. The third kappa shape index (κ3) is 3.51. The molecular formula is C17H22N4. The molecule has 0 saturated heterocycles. The number of nitrogens with one attached hydrogen (secondary N) is 2. The van der Waals surface area contributed by atoms with Crippen molar-refractivity contribution in [3.05, 3.63) is 47.3 Å². The molecule has 1 aromatic heterocycles. The van der Waals surface area contributed by atoms with Crippen LogP contribution in [0.2, 0.25) is 0 Å². The topological polar surface area (TPSA) is 49.8 Å². The third-order valence-electron chi connectivity index (χ3n) is 3.77. The fraction of sp³-hybridized carbons (Fsp3) is 0.412. The van der Waals surface area contributed by atoms with Crippen LogP contribution in [0.5, 0.6) is 0 Å². The van der Waals surface area contributed by atoms with E-state index in [4.69, 9.17) is 0 Å². The molecule has 0 unspecified atom stereocenters. The van der Waals surface area contributed by atoms with Crippen LogP contribution in [0.25, 0.3) is 0 Å². The SMILES string of the molecule is CCNc1cc(NCc2ccccc2C)nc(C2CC2)n1. The van der Waals surface area contributed by atoms with E-state index in [9.17, 15) is 0 Å². The van der Waals surface area contributed by atoms with Crippen molar-refractivity contribution in [2.24, 2.45) is 0 Å². The predicted octanol–water partition coefficient (Wildman–Crippen LogP) is 3.71. The molecule has 0 spiro atoms. The molecule has 1 saturated carbocycles. The Hall–Kier alpha value is -2.10. The maximum atomic E-state index is 4.66. The van der Waals surface area contributed by atoms with Gasteiger partial charge >= 0.3 is 0 Å². The van der Waals surface area contributed by atoms with Crippen molar-refractivity contribution in [1.29, 1.82) is 0 Å². The van der Waals surface area contributed by atoms with E-state index in [0.29, 0.717) is 5.92 Å². The van der Waals surface area contributed by atoms with Crippen LogP contribution in [-0.4, -0.2) is 16.5 Å². The van der Waals surface area contributed by atoms with Crippen molar-refractivity contribution >= 4 is 11.6 Å². The molecule has 1 aliphatic rings. The van der Waals surface area contributed by atoms with Gasteiger partial charge in [0.05, 0.1) is 0 Å². The monoisotopic (exact) mass is 282 g/mol. The van der Waals surface area contributed by atoms with Crippen molar-refractivity contribution in [1.82, 2.24) is 9.97 Å². The number of benzene rings is 1. The standard InChI is InChI=1S/C17H22N4/c1-3-18-15-10-16(21-17(20-15)13-8-9-13)19-11-14-7-5-4-6-12(14)2/h4-7,10,13H,3,8-9,11H2,1-2H3,(H2,18,19,20,21). The Labute approximate surface area is 126 Å². The van der Waals surface area contributed by atoms with Crippen LogP contribution < -0.4 is 10.6 Å². The van der Waals surface area contributed by atoms with Crippen LogP contribution >= 0.6 is 0 Å². The molecule has 3 rings (SSSR count). The van der Waals surface area contributed by atoms with E-state index in [2.05, 4.69) is 58.7 Å². The Kier molecular flexibility index (Phi) is 4.04. The average Bonchev–Trinajstić information content (AvgIpc) is 3.31. The van der Waals surface area contributed by atoms with Gasteiger partial charge in [-0.1, -0.05) is 24.3 Å². The summed E-state index contributed by atoms with van der Waals surface area (Å²) in [6, 6.07) is 10.4. The van der Waals surface area contributed by atoms with E-state index in [1.807, 2.05) is 6.07 Å². The summed E-state index contributed by atoms with van der Waals surface area (Å²) >= 11 is 0. The van der Waals surface area contributed by atoms with Crippen LogP contribution in [0.15, 0.2) is 30.3 Å². The van der Waals surface area contributed by atoms with Crippen molar-refractivity contribution in [3.8, 4) is 0 Å². The molecular weight excluding hydrogens is 260 g/mol. The summed E-state index contributed by atoms with van der Waals surface area (Å²) in [5.41, 5.74) is 2.60. The Balaban J connectivity index is 1.76. The number of rotatable bonds is 6. The molecule has 0 aliphatic heterocycles. The van der Waals surface area contributed by atoms with Gasteiger partial charge in [0, 0.05) is 25.1 Å². The molecule has 1 aliphatic carbocycles. The first kappa shape index (κ1) is 13.9. The molecule has 0 atom stereocenters. The van der Waals surface area contributed by atoms with Crippen molar-refractivity contribution in [2.45, 2.75) is 39.2 Å². The number of nitrogens with zero attached hydrogens (tertiary/aromatic N) is 2. The minimum absolute atomic E-state index is 0.558. The lowest BCUT2D eigenvalue weighted by molar-refractivity contribution is 0.918. The average molecular weight is 282 g/mol. The zero-order valence-corrected chi connectivity index (χ0v) is 12.7. The second-order valence-corrected chi connectivity index (χ2v) is 5.58. The minimum Gasteiger partial charge on any atom is -0.370 e. The highest BCUT2D eigenvalue weighted by molar-refractivity contribution is 5.48. The molecule has 4 nitrogen and oxygen atoms in total. The van der Waals surface area contributed by atoms with Gasteiger partial charge in [-0.15, -0.1) is 0 Å². The van der Waals surface area contributed by atoms with Crippen LogP contribution in [-0.2, 0) is 6.54 Å². The number of aromatic nitrogens is 2. The molecule has 0 bridgehead atoms. The van der Waals surface area contributed by atoms with Gasteiger partial charge in [-0.05, 0) is 37.8 Å². The van der Waals surface area contributed by atoms with Gasteiger partial charge in [-0.2, -0.15) is 0 Å². The van der Waals surface area contributed by atoms with E-state index < -0.39 is 0 Å². The van der Waals surface area contributed by atoms with Gasteiger partial charge in [0.2, 0.25) is 0 Å². The van der Waals surface area contributed by atoms with Gasteiger partial charge in [0.1, 0.15) is 17.5 Å². The molecule has 2 N–H and O–H groups in total. The fourth-order valence-electron chi connectivity index (χ4n) is 2.35. The molecule has 21 heavy (non-hydrogen) atoms. The van der Waals surface area contributed by atoms with Crippen LogP contribution in [0.1, 0.15) is 42.6 Å². The molecule has 1 aromatic carbocycles. The van der Waals surface area contributed by atoms with Gasteiger partial charge in [-0.25, -0.2) is 9.97 Å². The number of hydrogen-bond acceptors (Lipinski definition) is 4. The Morgan fingerprint density at radius 3 is 2.48 bits per heavy atom. The molecule has 2 aromatic rings. The van der Waals surface area contributed by atoms with Crippen molar-refractivity contribution in [2.75, 3.05) is 17.2 Å². The second-order valence-electron chi connectivity index (χ2n) is 5.58. The molecule has 4 heteroatoms. The first-order valence-corrected chi connectivity index (χ1v) is 7.67. The lowest BCUT2D eigenvalue weighted by atomic mass is 10.1. The fourth-order valence-corrected chi connectivity index (χ4v) is 2.35. The largest absolute Gasteiger partial charge is 0.370 e. The molecule has 1 heterocycles. The highest BCUT2D eigenvalue weighted by atomic mass is 15.1. The highest BCUT2D eigenvalue weighted by Crippen LogP contribution is 2.38. The van der Waals surface area contributed by atoms with Gasteiger partial charge in [-0.3, -0.25) is 0 Å². The van der Waals surface area contributed by atoms with E-state index >= 15 is 0 Å². The van der Waals surface area contributed by atoms with E-state index in [1.165, 1.54) is 24.0 Å². The number of anilines is 2. The van der Waals surface area contributed by atoms with E-state index in [0.717, 1.165) is 30.5 Å². The van der Waals surface area contributed by atoms with Crippen LogP contribution in [0.4, 0.5) is 11.6 Å². The van der Waals surface area contributed by atoms with Gasteiger partial charge in [0.25, 0.3) is 0 Å². The molecule has 1 fully saturated rings. The first-order chi connectivity index (χ1) is 10.3. The lowest BCUT2D eigenvalue weighted by Gasteiger charge is -2.11. The summed E-state index contributed by atoms with van der Waals surface area (Å²) < 4.78 is 0. The van der Waals surface area contributed by atoms with Crippen LogP contribution in [0.3, 0.4) is 0 Å². The van der Waals surface area contributed by atoms with Crippen LogP contribution in [0, 0.1) is 6.92 Å². The Morgan fingerprint density at radius 2 is 1.81 bits per heavy atom. The number of aryl methyl sites for hydroxylation is 1. The first-order valence-electron chi connectivity index (χ1n) is 7.67. The van der Waals surface area contributed by atoms with Gasteiger partial charge in [0.15, 0.2) is 0 Å². The summed E-state index contributed by atoms with van der Waals surface area (Å²) in [5.74, 6) is 3.36. The van der Waals surface area contributed by atoms with Gasteiger partial charge < -0.3 is 10.6 Å². The number of hydrogen-bond donors (Lipinski definition) is 2. The van der Waals surface area contributed by atoms with Crippen molar-refractivity contribution in [3.63, 3.8) is 0 Å². The predicted molar refractivity (Wildman–Crippen MR) is 86.7 cm³/mol. The Morgan fingerprint density at radius 1 is 1.10 bits per heavy atom. The third-order valence-corrected chi connectivity index (χ3v) is 3.77. The normalized spacial score (nSPS) is 14.0.